The molecule has 16 heavy (non-hydrogen) atoms. The number of hydrogen-bond acceptors (Lipinski definition) is 1. The molecule has 0 aliphatic rings. The molecule has 0 aromatic heterocycles. The zero-order chi connectivity index (χ0) is 12.4. The molecule has 0 radical (unpaired) electrons. The second kappa shape index (κ2) is 9.32. The second-order valence-corrected chi connectivity index (χ2v) is 4.62. The van der Waals surface area contributed by atoms with Gasteiger partial charge in [-0.2, -0.15) is 0 Å². The summed E-state index contributed by atoms with van der Waals surface area (Å²) in [6.45, 7) is 9.75. The lowest BCUT2D eigenvalue weighted by Gasteiger charge is -2.28. The molecule has 0 saturated carbocycles. The summed E-state index contributed by atoms with van der Waals surface area (Å²) in [7, 11) is 0. The van der Waals surface area contributed by atoms with Gasteiger partial charge in [-0.05, 0) is 40.5 Å². The van der Waals surface area contributed by atoms with Crippen molar-refractivity contribution in [2.75, 3.05) is 6.54 Å². The van der Waals surface area contributed by atoms with Gasteiger partial charge in [-0.15, -0.1) is 18.3 Å². The van der Waals surface area contributed by atoms with Crippen LogP contribution in [0.1, 0.15) is 53.4 Å². The van der Waals surface area contributed by atoms with E-state index in [-0.39, 0.29) is 0 Å². The molecule has 0 saturated heterocycles. The third-order valence-corrected chi connectivity index (χ3v) is 2.59. The van der Waals surface area contributed by atoms with E-state index in [0.717, 1.165) is 32.2 Å². The molecule has 0 fully saturated rings. The maximum absolute atomic E-state index is 5.18. The van der Waals surface area contributed by atoms with Gasteiger partial charge in [-0.25, -0.2) is 0 Å². The van der Waals surface area contributed by atoms with E-state index in [1.165, 1.54) is 0 Å². The molecule has 0 atom stereocenters. The summed E-state index contributed by atoms with van der Waals surface area (Å²) >= 11 is 0. The van der Waals surface area contributed by atoms with Crippen molar-refractivity contribution in [3.8, 4) is 24.2 Å². The molecular formula is C15H25N. The van der Waals surface area contributed by atoms with Gasteiger partial charge in [0.1, 0.15) is 0 Å². The first-order valence-corrected chi connectivity index (χ1v) is 6.24. The number of terminal acetylenes is 1. The van der Waals surface area contributed by atoms with Crippen molar-refractivity contribution in [2.45, 2.75) is 65.5 Å². The Morgan fingerprint density at radius 1 is 0.938 bits per heavy atom. The minimum Gasteiger partial charge on any atom is -0.287 e. The van der Waals surface area contributed by atoms with Crippen LogP contribution in [-0.2, 0) is 0 Å². The van der Waals surface area contributed by atoms with Gasteiger partial charge in [0.15, 0.2) is 0 Å². The highest BCUT2D eigenvalue weighted by molar-refractivity contribution is 5.02. The lowest BCUT2D eigenvalue weighted by atomic mass is 10.2. The summed E-state index contributed by atoms with van der Waals surface area (Å²) in [5.41, 5.74) is 0. The topological polar surface area (TPSA) is 3.24 Å². The predicted octanol–water partition coefficient (Wildman–Crippen LogP) is 3.30. The Morgan fingerprint density at radius 3 is 2.00 bits per heavy atom. The van der Waals surface area contributed by atoms with Crippen LogP contribution in [0.5, 0.6) is 0 Å². The molecule has 0 rings (SSSR count). The van der Waals surface area contributed by atoms with E-state index in [1.54, 1.807) is 0 Å². The smallest absolute Gasteiger partial charge is 0.0606 e. The van der Waals surface area contributed by atoms with Crippen LogP contribution in [0.15, 0.2) is 0 Å². The van der Waals surface area contributed by atoms with E-state index in [9.17, 15) is 0 Å². The van der Waals surface area contributed by atoms with E-state index in [1.807, 2.05) is 0 Å². The fourth-order valence-electron chi connectivity index (χ4n) is 1.64. The highest BCUT2D eigenvalue weighted by Gasteiger charge is 2.10. The predicted molar refractivity (Wildman–Crippen MR) is 72.1 cm³/mol. The summed E-state index contributed by atoms with van der Waals surface area (Å²) in [6, 6.07) is 1.13. The molecule has 1 nitrogen and oxygen atoms in total. The number of hydrogen-bond donors (Lipinski definition) is 0. The first-order chi connectivity index (χ1) is 7.59. The Labute approximate surface area is 102 Å². The van der Waals surface area contributed by atoms with E-state index in [0.29, 0.717) is 12.1 Å². The molecule has 90 valence electrons. The summed E-state index contributed by atoms with van der Waals surface area (Å²) in [6.07, 6.45) is 9.27. The van der Waals surface area contributed by atoms with Crippen molar-refractivity contribution in [1.29, 1.82) is 0 Å². The summed E-state index contributed by atoms with van der Waals surface area (Å²) in [5.74, 6) is 9.12. The molecule has 0 spiro atoms. The largest absolute Gasteiger partial charge is 0.287 e. The average Bonchev–Trinajstić information content (AvgIpc) is 2.21. The minimum atomic E-state index is 0.566. The first-order valence-electron chi connectivity index (χ1n) is 6.24. The Hall–Kier alpha value is -0.920. The van der Waals surface area contributed by atoms with Gasteiger partial charge in [0.25, 0.3) is 0 Å². The second-order valence-electron chi connectivity index (χ2n) is 4.62. The van der Waals surface area contributed by atoms with E-state index < -0.39 is 0 Å². The Morgan fingerprint density at radius 2 is 1.50 bits per heavy atom. The molecule has 0 aliphatic heterocycles. The zero-order valence-corrected chi connectivity index (χ0v) is 11.2. The van der Waals surface area contributed by atoms with Gasteiger partial charge >= 0.3 is 0 Å². The van der Waals surface area contributed by atoms with Crippen molar-refractivity contribution in [3.63, 3.8) is 0 Å². The molecule has 0 amide bonds. The molecule has 0 heterocycles. The lowest BCUT2D eigenvalue weighted by molar-refractivity contribution is 0.200. The standard InChI is InChI=1S/C15H25N/c1-6-7-8-9-10-11-12-13-16(14(2)3)15(4)5/h1,14-15H,7-10,13H2,2-5H3. The number of unbranched alkanes of at least 4 members (excludes halogenated alkanes) is 3. The van der Waals surface area contributed by atoms with Crippen molar-refractivity contribution >= 4 is 0 Å². The third kappa shape index (κ3) is 7.38. The molecule has 1 heteroatoms. The number of rotatable bonds is 6. The SMILES string of the molecule is C#CCCCCC#CCN(C(C)C)C(C)C. The maximum atomic E-state index is 5.18. The van der Waals surface area contributed by atoms with Crippen molar-refractivity contribution in [2.24, 2.45) is 0 Å². The summed E-state index contributed by atoms with van der Waals surface area (Å²) in [5, 5.41) is 0. The Balaban J connectivity index is 3.76. The first kappa shape index (κ1) is 15.1. The molecule has 0 unspecified atom stereocenters. The monoisotopic (exact) mass is 219 g/mol. The van der Waals surface area contributed by atoms with Crippen LogP contribution in [0.3, 0.4) is 0 Å². The van der Waals surface area contributed by atoms with Crippen molar-refractivity contribution in [3.05, 3.63) is 0 Å². The third-order valence-electron chi connectivity index (χ3n) is 2.59. The summed E-state index contributed by atoms with van der Waals surface area (Å²) in [4.78, 5) is 2.40. The zero-order valence-electron chi connectivity index (χ0n) is 11.2. The molecular weight excluding hydrogens is 194 g/mol. The van der Waals surface area contributed by atoms with Crippen molar-refractivity contribution in [1.82, 2.24) is 4.90 Å². The van der Waals surface area contributed by atoms with Gasteiger partial charge < -0.3 is 0 Å². The molecule has 0 bridgehead atoms. The van der Waals surface area contributed by atoms with Crippen LogP contribution in [0.25, 0.3) is 0 Å². The molecule has 0 aromatic rings. The van der Waals surface area contributed by atoms with E-state index in [4.69, 9.17) is 6.42 Å². The van der Waals surface area contributed by atoms with Gasteiger partial charge in [0, 0.05) is 24.9 Å². The summed E-state index contributed by atoms with van der Waals surface area (Å²) < 4.78 is 0. The van der Waals surface area contributed by atoms with Gasteiger partial charge in [0.2, 0.25) is 0 Å². The van der Waals surface area contributed by atoms with Crippen LogP contribution in [0.4, 0.5) is 0 Å². The highest BCUT2D eigenvalue weighted by Crippen LogP contribution is 2.03. The van der Waals surface area contributed by atoms with E-state index in [2.05, 4.69) is 50.4 Å². The molecule has 0 N–H and O–H groups in total. The fraction of sp³-hybridized carbons (Fsp3) is 0.733. The Bertz CT molecular complexity index is 251. The normalized spacial score (nSPS) is 10.4. The van der Waals surface area contributed by atoms with Crippen LogP contribution in [0.2, 0.25) is 0 Å². The van der Waals surface area contributed by atoms with Crippen LogP contribution in [-0.4, -0.2) is 23.5 Å². The quantitative estimate of drug-likeness (QED) is 0.489. The Kier molecular flexibility index (Phi) is 8.78. The maximum Gasteiger partial charge on any atom is 0.0606 e. The fourth-order valence-corrected chi connectivity index (χ4v) is 1.64. The molecule has 0 aliphatic carbocycles. The van der Waals surface area contributed by atoms with Gasteiger partial charge in [-0.3, -0.25) is 4.90 Å². The minimum absolute atomic E-state index is 0.566. The van der Waals surface area contributed by atoms with Crippen molar-refractivity contribution < 1.29 is 0 Å². The van der Waals surface area contributed by atoms with Crippen LogP contribution >= 0.6 is 0 Å². The van der Waals surface area contributed by atoms with E-state index >= 15 is 0 Å². The van der Waals surface area contributed by atoms with Gasteiger partial charge in [0.05, 0.1) is 6.54 Å². The highest BCUT2D eigenvalue weighted by atomic mass is 15.2. The molecule has 0 aromatic carbocycles. The van der Waals surface area contributed by atoms with Crippen LogP contribution in [0, 0.1) is 24.2 Å². The lowest BCUT2D eigenvalue weighted by Crippen LogP contribution is -2.37. The number of nitrogens with zero attached hydrogens (tertiary/aromatic N) is 1. The van der Waals surface area contributed by atoms with Gasteiger partial charge in [-0.1, -0.05) is 5.92 Å². The average molecular weight is 219 g/mol. The van der Waals surface area contributed by atoms with Crippen LogP contribution < -0.4 is 0 Å².